The molecule has 0 saturated heterocycles. The van der Waals surface area contributed by atoms with Crippen LogP contribution in [0.3, 0.4) is 0 Å². The molecule has 1 aromatic heterocycles. The summed E-state index contributed by atoms with van der Waals surface area (Å²) >= 11 is 1.44. The molecule has 0 aliphatic heterocycles. The fourth-order valence-corrected chi connectivity index (χ4v) is 1.48. The van der Waals surface area contributed by atoms with Crippen molar-refractivity contribution in [1.82, 2.24) is 4.98 Å². The van der Waals surface area contributed by atoms with Gasteiger partial charge in [0, 0.05) is 9.77 Å². The molecular formula is C6H2F3IN2O2. The summed E-state index contributed by atoms with van der Waals surface area (Å²) in [5.74, 6) is -1.49. The maximum atomic E-state index is 12.8. The average molecular weight is 318 g/mol. The van der Waals surface area contributed by atoms with Crippen LogP contribution >= 0.6 is 22.6 Å². The van der Waals surface area contributed by atoms with Gasteiger partial charge < -0.3 is 0 Å². The third-order valence-corrected chi connectivity index (χ3v) is 2.26. The Morgan fingerprint density at radius 1 is 1.57 bits per heavy atom. The first kappa shape index (κ1) is 11.1. The van der Waals surface area contributed by atoms with E-state index in [9.17, 15) is 23.3 Å². The van der Waals surface area contributed by atoms with E-state index in [1.165, 1.54) is 22.6 Å². The number of aromatic nitrogens is 1. The molecule has 0 spiro atoms. The van der Waals surface area contributed by atoms with Gasteiger partial charge in [0.05, 0.1) is 4.92 Å². The molecule has 0 aliphatic carbocycles. The van der Waals surface area contributed by atoms with Crippen LogP contribution in [-0.4, -0.2) is 9.91 Å². The average Bonchev–Trinajstić information content (AvgIpc) is 2.07. The van der Waals surface area contributed by atoms with Crippen molar-refractivity contribution in [3.63, 3.8) is 0 Å². The van der Waals surface area contributed by atoms with Crippen molar-refractivity contribution in [2.24, 2.45) is 0 Å². The van der Waals surface area contributed by atoms with E-state index < -0.39 is 28.5 Å². The van der Waals surface area contributed by atoms with Gasteiger partial charge in [0.25, 0.3) is 12.4 Å². The summed E-state index contributed by atoms with van der Waals surface area (Å²) in [6.07, 6.45) is -2.27. The second kappa shape index (κ2) is 4.07. The van der Waals surface area contributed by atoms with Gasteiger partial charge in [-0.25, -0.2) is 13.8 Å². The van der Waals surface area contributed by atoms with Gasteiger partial charge >= 0.3 is 5.69 Å². The lowest BCUT2D eigenvalue weighted by atomic mass is 10.2. The molecule has 4 nitrogen and oxygen atoms in total. The number of rotatable bonds is 2. The van der Waals surface area contributed by atoms with Crippen LogP contribution in [0.4, 0.5) is 18.9 Å². The lowest BCUT2D eigenvalue weighted by molar-refractivity contribution is -0.389. The van der Waals surface area contributed by atoms with E-state index in [0.717, 1.165) is 6.20 Å². The molecule has 0 radical (unpaired) electrons. The van der Waals surface area contributed by atoms with Crippen LogP contribution < -0.4 is 0 Å². The van der Waals surface area contributed by atoms with Gasteiger partial charge in [-0.3, -0.25) is 10.1 Å². The number of hydrogen-bond acceptors (Lipinski definition) is 3. The molecule has 0 fully saturated rings. The Bertz CT molecular complexity index is 386. The highest BCUT2D eigenvalue weighted by Crippen LogP contribution is 2.33. The second-order valence-corrected chi connectivity index (χ2v) is 3.38. The van der Waals surface area contributed by atoms with Crippen molar-refractivity contribution in [3.05, 3.63) is 31.4 Å². The van der Waals surface area contributed by atoms with E-state index in [4.69, 9.17) is 0 Å². The largest absolute Gasteiger partial charge is 0.333 e. The van der Waals surface area contributed by atoms with Crippen molar-refractivity contribution >= 4 is 28.3 Å². The van der Waals surface area contributed by atoms with Crippen LogP contribution in [0, 0.1) is 19.6 Å². The minimum atomic E-state index is -3.10. The molecule has 0 saturated carbocycles. The maximum Gasteiger partial charge on any atom is 0.333 e. The first-order valence-corrected chi connectivity index (χ1v) is 4.29. The summed E-state index contributed by atoms with van der Waals surface area (Å²) in [6, 6.07) is 0. The highest BCUT2D eigenvalue weighted by molar-refractivity contribution is 14.1. The molecule has 14 heavy (non-hydrogen) atoms. The number of halogens is 4. The van der Waals surface area contributed by atoms with Crippen LogP contribution in [0.15, 0.2) is 6.20 Å². The molecule has 8 heteroatoms. The third kappa shape index (κ3) is 1.94. The van der Waals surface area contributed by atoms with E-state index >= 15 is 0 Å². The monoisotopic (exact) mass is 318 g/mol. The third-order valence-electron chi connectivity index (χ3n) is 1.40. The SMILES string of the molecule is O=[N+]([O-])c1c(F)ncc(I)c1C(F)F. The van der Waals surface area contributed by atoms with Crippen LogP contribution in [0.2, 0.25) is 0 Å². The van der Waals surface area contributed by atoms with Crippen molar-refractivity contribution in [2.75, 3.05) is 0 Å². The predicted octanol–water partition coefficient (Wildman–Crippen LogP) is 2.67. The Balaban J connectivity index is 3.50. The molecule has 0 unspecified atom stereocenters. The van der Waals surface area contributed by atoms with E-state index in [0.29, 0.717) is 0 Å². The molecule has 1 aromatic rings. The van der Waals surface area contributed by atoms with Gasteiger partial charge in [-0.15, -0.1) is 0 Å². The first-order valence-electron chi connectivity index (χ1n) is 3.21. The maximum absolute atomic E-state index is 12.8. The van der Waals surface area contributed by atoms with Gasteiger partial charge in [-0.2, -0.15) is 4.39 Å². The van der Waals surface area contributed by atoms with E-state index in [2.05, 4.69) is 4.98 Å². The Kier molecular flexibility index (Phi) is 3.24. The zero-order valence-corrected chi connectivity index (χ0v) is 8.53. The summed E-state index contributed by atoms with van der Waals surface area (Å²) < 4.78 is 37.3. The van der Waals surface area contributed by atoms with E-state index in [-0.39, 0.29) is 3.57 Å². The van der Waals surface area contributed by atoms with Gasteiger partial charge in [0.15, 0.2) is 0 Å². The molecule has 0 amide bonds. The van der Waals surface area contributed by atoms with E-state index in [1.54, 1.807) is 0 Å². The van der Waals surface area contributed by atoms with Crippen LogP contribution in [-0.2, 0) is 0 Å². The Morgan fingerprint density at radius 3 is 2.50 bits per heavy atom. The Hall–Kier alpha value is -0.930. The lowest BCUT2D eigenvalue weighted by Crippen LogP contribution is -2.03. The van der Waals surface area contributed by atoms with Crippen molar-refractivity contribution in [2.45, 2.75) is 6.43 Å². The highest BCUT2D eigenvalue weighted by Gasteiger charge is 2.29. The number of alkyl halides is 2. The summed E-state index contributed by atoms with van der Waals surface area (Å²) in [4.78, 5) is 12.1. The summed E-state index contributed by atoms with van der Waals surface area (Å²) in [5.41, 5.74) is -2.19. The smallest absolute Gasteiger partial charge is 0.258 e. The molecule has 1 rings (SSSR count). The van der Waals surface area contributed by atoms with Crippen molar-refractivity contribution < 1.29 is 18.1 Å². The molecule has 0 N–H and O–H groups in total. The van der Waals surface area contributed by atoms with Gasteiger partial charge in [0.1, 0.15) is 5.56 Å². The number of pyridine rings is 1. The lowest BCUT2D eigenvalue weighted by Gasteiger charge is -2.03. The van der Waals surface area contributed by atoms with Gasteiger partial charge in [0.2, 0.25) is 0 Å². The van der Waals surface area contributed by atoms with Crippen LogP contribution in [0.1, 0.15) is 12.0 Å². The molecule has 0 bridgehead atoms. The van der Waals surface area contributed by atoms with E-state index in [1.807, 2.05) is 0 Å². The second-order valence-electron chi connectivity index (χ2n) is 2.22. The minimum absolute atomic E-state index is 0.134. The standard InChI is InChI=1S/C6H2F3IN2O2/c7-5(8)3-2(10)1-11-6(9)4(3)12(13)14/h1,5H. The molecule has 76 valence electrons. The number of nitrogens with zero attached hydrogens (tertiary/aromatic N) is 2. The fraction of sp³-hybridized carbons (Fsp3) is 0.167. The molecule has 0 aliphatic rings. The zero-order valence-electron chi connectivity index (χ0n) is 6.38. The van der Waals surface area contributed by atoms with Crippen LogP contribution in [0.25, 0.3) is 0 Å². The molecular weight excluding hydrogens is 316 g/mol. The van der Waals surface area contributed by atoms with Crippen molar-refractivity contribution in [1.29, 1.82) is 0 Å². The summed E-state index contributed by atoms with van der Waals surface area (Å²) in [5, 5.41) is 10.3. The van der Waals surface area contributed by atoms with Gasteiger partial charge in [-0.05, 0) is 22.6 Å². The summed E-state index contributed by atoms with van der Waals surface area (Å²) in [6.45, 7) is 0. The Morgan fingerprint density at radius 2 is 2.14 bits per heavy atom. The number of hydrogen-bond donors (Lipinski definition) is 0. The molecule has 0 aromatic carbocycles. The van der Waals surface area contributed by atoms with Gasteiger partial charge in [-0.1, -0.05) is 0 Å². The normalized spacial score (nSPS) is 10.6. The number of nitro groups is 1. The first-order chi connectivity index (χ1) is 6.45. The predicted molar refractivity (Wildman–Crippen MR) is 48.5 cm³/mol. The quantitative estimate of drug-likeness (QED) is 0.365. The highest BCUT2D eigenvalue weighted by atomic mass is 127. The topological polar surface area (TPSA) is 56.0 Å². The minimum Gasteiger partial charge on any atom is -0.258 e. The zero-order chi connectivity index (χ0) is 10.9. The Labute approximate surface area is 89.4 Å². The molecule has 1 heterocycles. The fourth-order valence-electron chi connectivity index (χ4n) is 0.850. The summed E-state index contributed by atoms with van der Waals surface area (Å²) in [7, 11) is 0. The van der Waals surface area contributed by atoms with Crippen molar-refractivity contribution in [3.8, 4) is 0 Å². The molecule has 0 atom stereocenters. The van der Waals surface area contributed by atoms with Crippen LogP contribution in [0.5, 0.6) is 0 Å².